The van der Waals surface area contributed by atoms with Crippen LogP contribution in [0.25, 0.3) is 21.9 Å². The van der Waals surface area contributed by atoms with Crippen LogP contribution in [0.1, 0.15) is 0 Å². The Bertz CT molecular complexity index is 962. The highest BCUT2D eigenvalue weighted by molar-refractivity contribution is 6.33. The third-order valence-electron chi connectivity index (χ3n) is 4.72. The summed E-state index contributed by atoms with van der Waals surface area (Å²) in [7, 11) is 1.96. The van der Waals surface area contributed by atoms with Crippen molar-refractivity contribution in [1.82, 2.24) is 19.9 Å². The number of aromatic nitrogens is 3. The van der Waals surface area contributed by atoms with Crippen LogP contribution in [-0.2, 0) is 0 Å². The van der Waals surface area contributed by atoms with E-state index in [0.29, 0.717) is 32.0 Å². The molecule has 26 heavy (non-hydrogen) atoms. The third kappa shape index (κ3) is 3.05. The summed E-state index contributed by atoms with van der Waals surface area (Å²) >= 11 is 0. The Hall–Kier alpha value is -2.49. The maximum atomic E-state index is 12.6. The summed E-state index contributed by atoms with van der Waals surface area (Å²) in [5.74, 6) is 0.379. The van der Waals surface area contributed by atoms with Gasteiger partial charge in [-0.05, 0) is 0 Å². The lowest BCUT2D eigenvalue weighted by Gasteiger charge is -2.36. The Balaban J connectivity index is 1.72. The Labute approximate surface area is 148 Å². The summed E-state index contributed by atoms with van der Waals surface area (Å²) < 4.78 is 37.8. The number of pyridine rings is 2. The molecular formula is C16H18BF3N6. The molecule has 10 heteroatoms. The van der Waals surface area contributed by atoms with Crippen molar-refractivity contribution in [3.8, 4) is 0 Å². The largest absolute Gasteiger partial charge is 0.401 e. The van der Waals surface area contributed by atoms with Gasteiger partial charge in [-0.2, -0.15) is 13.2 Å². The van der Waals surface area contributed by atoms with E-state index in [2.05, 4.69) is 15.0 Å². The number of rotatable bonds is 2. The van der Waals surface area contributed by atoms with Gasteiger partial charge in [0.25, 0.3) is 0 Å². The molecule has 0 aliphatic carbocycles. The van der Waals surface area contributed by atoms with Crippen LogP contribution >= 0.6 is 0 Å². The second-order valence-corrected chi connectivity index (χ2v) is 6.69. The van der Waals surface area contributed by atoms with E-state index in [1.807, 2.05) is 18.8 Å². The zero-order valence-corrected chi connectivity index (χ0v) is 14.3. The van der Waals surface area contributed by atoms with E-state index in [-0.39, 0.29) is 0 Å². The van der Waals surface area contributed by atoms with Gasteiger partial charge in [-0.25, -0.2) is 9.97 Å². The first-order valence-electron chi connectivity index (χ1n) is 8.38. The minimum atomic E-state index is -4.18. The Morgan fingerprint density at radius 2 is 1.88 bits per heavy atom. The second-order valence-electron chi connectivity index (χ2n) is 6.69. The number of nitrogen functional groups attached to an aromatic ring is 1. The number of nitrogens with one attached hydrogen (secondary N) is 1. The molecule has 4 rings (SSSR count). The highest BCUT2D eigenvalue weighted by Gasteiger charge is 2.32. The monoisotopic (exact) mass is 362 g/mol. The normalized spacial score (nSPS) is 16.7. The van der Waals surface area contributed by atoms with Gasteiger partial charge in [-0.3, -0.25) is 4.90 Å². The highest BCUT2D eigenvalue weighted by Crippen LogP contribution is 2.36. The number of anilines is 2. The van der Waals surface area contributed by atoms with Crippen molar-refractivity contribution in [2.24, 2.45) is 0 Å². The first-order chi connectivity index (χ1) is 12.3. The van der Waals surface area contributed by atoms with Crippen molar-refractivity contribution in [1.29, 1.82) is 0 Å². The fraction of sp³-hybridized carbons (Fsp3) is 0.375. The molecule has 3 N–H and O–H groups in total. The molecule has 0 radical (unpaired) electrons. The number of hydrogen-bond acceptors (Lipinski definition) is 5. The van der Waals surface area contributed by atoms with Gasteiger partial charge in [0.2, 0.25) is 0 Å². The van der Waals surface area contributed by atoms with Crippen molar-refractivity contribution >= 4 is 46.8 Å². The maximum Gasteiger partial charge on any atom is 0.401 e. The van der Waals surface area contributed by atoms with Crippen LogP contribution in [0.2, 0.25) is 0 Å². The lowest BCUT2D eigenvalue weighted by molar-refractivity contribution is -0.146. The van der Waals surface area contributed by atoms with Gasteiger partial charge >= 0.3 is 6.18 Å². The van der Waals surface area contributed by atoms with E-state index in [0.717, 1.165) is 33.1 Å². The fourth-order valence-corrected chi connectivity index (χ4v) is 3.57. The zero-order chi connectivity index (χ0) is 18.5. The molecule has 6 nitrogen and oxygen atoms in total. The third-order valence-corrected chi connectivity index (χ3v) is 4.72. The quantitative estimate of drug-likeness (QED) is 0.655. The topological polar surface area (TPSA) is 74.1 Å². The van der Waals surface area contributed by atoms with Crippen LogP contribution in [0.4, 0.5) is 24.7 Å². The van der Waals surface area contributed by atoms with Crippen LogP contribution in [0.15, 0.2) is 18.5 Å². The minimum Gasteiger partial charge on any atom is -0.382 e. The number of alkyl halides is 3. The molecular weight excluding hydrogens is 344 g/mol. The Morgan fingerprint density at radius 3 is 2.58 bits per heavy atom. The summed E-state index contributed by atoms with van der Waals surface area (Å²) in [6.07, 6.45) is -0.724. The first kappa shape index (κ1) is 17.0. The molecule has 1 aliphatic rings. The first-order valence-corrected chi connectivity index (χ1v) is 8.38. The molecule has 136 valence electrons. The predicted molar refractivity (Wildman–Crippen MR) is 98.7 cm³/mol. The van der Waals surface area contributed by atoms with Gasteiger partial charge < -0.3 is 15.6 Å². The number of fused-ring (bicyclic) bond motifs is 3. The molecule has 0 bridgehead atoms. The van der Waals surface area contributed by atoms with Gasteiger partial charge in [0, 0.05) is 43.1 Å². The van der Waals surface area contributed by atoms with Crippen LogP contribution in [0.5, 0.6) is 0 Å². The van der Waals surface area contributed by atoms with Gasteiger partial charge in [-0.15, -0.1) is 0 Å². The van der Waals surface area contributed by atoms with E-state index < -0.39 is 12.7 Å². The summed E-state index contributed by atoms with van der Waals surface area (Å²) in [5, 5.41) is 1.87. The van der Waals surface area contributed by atoms with Crippen molar-refractivity contribution in [3.63, 3.8) is 0 Å². The van der Waals surface area contributed by atoms with E-state index in [9.17, 15) is 13.2 Å². The van der Waals surface area contributed by atoms with Crippen molar-refractivity contribution < 1.29 is 13.2 Å². The van der Waals surface area contributed by atoms with Crippen molar-refractivity contribution in [2.75, 3.05) is 43.4 Å². The highest BCUT2D eigenvalue weighted by atomic mass is 19.4. The number of aromatic amines is 1. The molecule has 0 aromatic carbocycles. The predicted octanol–water partition coefficient (Wildman–Crippen LogP) is 0.636. The molecule has 4 heterocycles. The molecule has 3 aromatic heterocycles. The molecule has 3 aromatic rings. The fourth-order valence-electron chi connectivity index (χ4n) is 3.57. The second kappa shape index (κ2) is 6.05. The number of hydrogen-bond donors (Lipinski definition) is 2. The molecule has 1 aliphatic heterocycles. The van der Waals surface area contributed by atoms with Gasteiger partial charge in [0.1, 0.15) is 19.3 Å². The number of nitrogens with zero attached hydrogens (tertiary/aromatic N) is 4. The summed E-state index contributed by atoms with van der Waals surface area (Å²) in [5.41, 5.74) is 9.52. The lowest BCUT2D eigenvalue weighted by Crippen LogP contribution is -2.49. The van der Waals surface area contributed by atoms with E-state index in [4.69, 9.17) is 5.73 Å². The zero-order valence-electron chi connectivity index (χ0n) is 14.3. The van der Waals surface area contributed by atoms with E-state index in [1.54, 1.807) is 12.4 Å². The molecule has 0 unspecified atom stereocenters. The molecule has 0 atom stereocenters. The summed E-state index contributed by atoms with van der Waals surface area (Å²) in [4.78, 5) is 15.3. The van der Waals surface area contributed by atoms with Gasteiger partial charge in [0.15, 0.2) is 0 Å². The lowest BCUT2D eigenvalue weighted by atomic mass is 9.97. The van der Waals surface area contributed by atoms with E-state index >= 15 is 0 Å². The number of halogens is 3. The van der Waals surface area contributed by atoms with Crippen molar-refractivity contribution in [2.45, 2.75) is 6.18 Å². The van der Waals surface area contributed by atoms with Gasteiger partial charge in [-0.1, -0.05) is 11.5 Å². The van der Waals surface area contributed by atoms with E-state index in [1.165, 1.54) is 4.90 Å². The molecule has 1 fully saturated rings. The van der Waals surface area contributed by atoms with Crippen LogP contribution in [-0.4, -0.2) is 66.6 Å². The average Bonchev–Trinajstić information content (AvgIpc) is 2.92. The maximum absolute atomic E-state index is 12.6. The molecule has 1 saturated heterocycles. The van der Waals surface area contributed by atoms with Crippen LogP contribution in [0, 0.1) is 0 Å². The van der Waals surface area contributed by atoms with Crippen molar-refractivity contribution in [3.05, 3.63) is 18.5 Å². The number of H-pyrrole nitrogens is 1. The van der Waals surface area contributed by atoms with Crippen LogP contribution in [0.3, 0.4) is 0 Å². The SMILES string of the molecule is Bc1cnc2[nH]c3cnc(N)c(N4CCN(CC(F)(F)F)CC4)c3c2c1. The summed E-state index contributed by atoms with van der Waals surface area (Å²) in [6, 6.07) is 2.03. The molecule has 0 amide bonds. The number of nitrogens with two attached hydrogens (primary N) is 1. The van der Waals surface area contributed by atoms with Gasteiger partial charge in [0.05, 0.1) is 23.9 Å². The standard InChI is InChI=1S/C16H18BF3N6/c17-9-5-10-12-11(24-15(10)23-6-9)7-22-14(21)13(12)26-3-1-25(2-4-26)8-16(18,19)20/h5-7H,1-4,8,17H2,(H2,21,22)(H,23,24). The summed E-state index contributed by atoms with van der Waals surface area (Å²) in [6.45, 7) is 0.707. The smallest absolute Gasteiger partial charge is 0.382 e. The molecule has 0 saturated carbocycles. The van der Waals surface area contributed by atoms with Crippen LogP contribution < -0.4 is 16.1 Å². The Morgan fingerprint density at radius 1 is 1.15 bits per heavy atom. The average molecular weight is 362 g/mol. The Kier molecular flexibility index (Phi) is 3.94. The minimum absolute atomic E-state index is 0.328. The number of piperazine rings is 1. The molecule has 0 spiro atoms.